The lowest BCUT2D eigenvalue weighted by molar-refractivity contribution is -0.159. The molecule has 1 atom stereocenters. The van der Waals surface area contributed by atoms with Gasteiger partial charge in [0.05, 0.1) is 6.54 Å². The van der Waals surface area contributed by atoms with Crippen LogP contribution in [0.25, 0.3) is 11.1 Å². The summed E-state index contributed by atoms with van der Waals surface area (Å²) in [6, 6.07) is 15.2. The van der Waals surface area contributed by atoms with E-state index in [2.05, 4.69) is 16.0 Å². The Morgan fingerprint density at radius 3 is 1.92 bits per heavy atom. The molecular weight excluding hydrogens is 474 g/mol. The maximum atomic E-state index is 12.4. The van der Waals surface area contributed by atoms with Crippen molar-refractivity contribution >= 4 is 23.9 Å². The first-order valence-corrected chi connectivity index (χ1v) is 12.3. The molecule has 37 heavy (non-hydrogen) atoms. The van der Waals surface area contributed by atoms with Gasteiger partial charge in [-0.05, 0) is 48.9 Å². The lowest BCUT2D eigenvalue weighted by Gasteiger charge is -2.26. The zero-order valence-corrected chi connectivity index (χ0v) is 21.9. The quantitative estimate of drug-likeness (QED) is 0.447. The number of fused-ring (bicyclic) bond motifs is 3. The molecule has 0 fully saturated rings. The molecule has 3 N–H and O–H groups in total. The molecule has 0 aliphatic heterocycles. The molecule has 0 saturated carbocycles. The summed E-state index contributed by atoms with van der Waals surface area (Å²) in [7, 11) is 0. The van der Waals surface area contributed by atoms with Crippen molar-refractivity contribution < 1.29 is 28.7 Å². The molecule has 1 aliphatic rings. The van der Waals surface area contributed by atoms with Crippen LogP contribution in [0.2, 0.25) is 0 Å². The molecule has 0 radical (unpaired) electrons. The second-order valence-electron chi connectivity index (χ2n) is 10.3. The first kappa shape index (κ1) is 27.7. The van der Waals surface area contributed by atoms with Crippen molar-refractivity contribution in [2.45, 2.75) is 52.2 Å². The Morgan fingerprint density at radius 2 is 1.38 bits per heavy atom. The number of hydrogen-bond donors (Lipinski definition) is 3. The first-order chi connectivity index (χ1) is 17.5. The largest absolute Gasteiger partial charge is 0.458 e. The molecule has 1 aliphatic carbocycles. The van der Waals surface area contributed by atoms with E-state index < -0.39 is 35.5 Å². The molecule has 0 spiro atoms. The second-order valence-corrected chi connectivity index (χ2v) is 10.3. The molecule has 9 heteroatoms. The van der Waals surface area contributed by atoms with Crippen LogP contribution >= 0.6 is 0 Å². The standard InChI is InChI=1S/C28H35N3O6/c1-17(2)25(26(34)37-28(3,4)5)31-24(33)15-29-23(32)14-30-27(35)36-16-22-20-12-8-6-10-18(20)19-11-7-9-13-21(19)22/h6-13,17,22,25H,14-16H2,1-5H3,(H,29,32)(H,30,35)(H,31,33)/t25-/m0/s1. The number of rotatable bonds is 9. The summed E-state index contributed by atoms with van der Waals surface area (Å²) in [5.74, 6) is -1.94. The van der Waals surface area contributed by atoms with E-state index >= 15 is 0 Å². The normalized spacial score (nSPS) is 13.2. The van der Waals surface area contributed by atoms with Crippen LogP contribution in [0.4, 0.5) is 4.79 Å². The smallest absolute Gasteiger partial charge is 0.407 e. The van der Waals surface area contributed by atoms with Gasteiger partial charge in [0.25, 0.3) is 0 Å². The molecule has 0 unspecified atom stereocenters. The lowest BCUT2D eigenvalue weighted by Crippen LogP contribution is -2.50. The highest BCUT2D eigenvalue weighted by molar-refractivity contribution is 5.89. The maximum absolute atomic E-state index is 12.4. The Hall–Kier alpha value is -3.88. The number of nitrogens with one attached hydrogen (secondary N) is 3. The minimum absolute atomic E-state index is 0.0884. The van der Waals surface area contributed by atoms with Crippen molar-refractivity contribution in [1.29, 1.82) is 0 Å². The van der Waals surface area contributed by atoms with Crippen molar-refractivity contribution in [3.63, 3.8) is 0 Å². The first-order valence-electron chi connectivity index (χ1n) is 12.3. The second kappa shape index (κ2) is 11.9. The van der Waals surface area contributed by atoms with Crippen LogP contribution in [-0.4, -0.2) is 55.2 Å². The third-order valence-electron chi connectivity index (χ3n) is 5.83. The Morgan fingerprint density at radius 1 is 0.838 bits per heavy atom. The predicted molar refractivity (Wildman–Crippen MR) is 139 cm³/mol. The van der Waals surface area contributed by atoms with E-state index in [1.165, 1.54) is 0 Å². The molecule has 0 bridgehead atoms. The van der Waals surface area contributed by atoms with Crippen molar-refractivity contribution in [2.24, 2.45) is 5.92 Å². The monoisotopic (exact) mass is 509 g/mol. The van der Waals surface area contributed by atoms with Gasteiger partial charge in [0.15, 0.2) is 0 Å². The molecule has 198 valence electrons. The number of ether oxygens (including phenoxy) is 2. The van der Waals surface area contributed by atoms with Crippen molar-refractivity contribution in [1.82, 2.24) is 16.0 Å². The third-order valence-corrected chi connectivity index (χ3v) is 5.83. The van der Waals surface area contributed by atoms with Crippen molar-refractivity contribution in [3.8, 4) is 11.1 Å². The SMILES string of the molecule is CC(C)[C@H](NC(=O)CNC(=O)CNC(=O)OCC1c2ccccc2-c2ccccc21)C(=O)OC(C)(C)C. The van der Waals surface area contributed by atoms with E-state index in [-0.39, 0.29) is 31.5 Å². The molecule has 0 saturated heterocycles. The van der Waals surface area contributed by atoms with Gasteiger partial charge in [-0.2, -0.15) is 0 Å². The molecule has 0 heterocycles. The van der Waals surface area contributed by atoms with Crippen LogP contribution in [0, 0.1) is 5.92 Å². The Bertz CT molecular complexity index is 1110. The molecule has 2 aromatic rings. The number of esters is 1. The summed E-state index contributed by atoms with van der Waals surface area (Å²) in [6.07, 6.45) is -0.730. The van der Waals surface area contributed by atoms with Crippen molar-refractivity contribution in [3.05, 3.63) is 59.7 Å². The molecular formula is C28H35N3O6. The fourth-order valence-corrected chi connectivity index (χ4v) is 4.13. The third kappa shape index (κ3) is 7.55. The van der Waals surface area contributed by atoms with Crippen molar-refractivity contribution in [2.75, 3.05) is 19.7 Å². The zero-order valence-electron chi connectivity index (χ0n) is 21.9. The fraction of sp³-hybridized carbons (Fsp3) is 0.429. The minimum Gasteiger partial charge on any atom is -0.458 e. The molecule has 3 rings (SSSR count). The van der Waals surface area contributed by atoms with Crippen LogP contribution in [0.5, 0.6) is 0 Å². The minimum atomic E-state index is -0.845. The van der Waals surface area contributed by atoms with Gasteiger partial charge in [-0.1, -0.05) is 62.4 Å². The van der Waals surface area contributed by atoms with Crippen LogP contribution in [-0.2, 0) is 23.9 Å². The van der Waals surface area contributed by atoms with E-state index in [9.17, 15) is 19.2 Å². The van der Waals surface area contributed by atoms with E-state index in [1.54, 1.807) is 34.6 Å². The van der Waals surface area contributed by atoms with Gasteiger partial charge in [0, 0.05) is 5.92 Å². The molecule has 3 amide bonds. The lowest BCUT2D eigenvalue weighted by atomic mass is 9.98. The number of alkyl carbamates (subject to hydrolysis) is 1. The van der Waals surface area contributed by atoms with E-state index in [0.717, 1.165) is 22.3 Å². The number of carbonyl (C=O) groups excluding carboxylic acids is 4. The highest BCUT2D eigenvalue weighted by atomic mass is 16.6. The highest BCUT2D eigenvalue weighted by Crippen LogP contribution is 2.44. The van der Waals surface area contributed by atoms with Crippen LogP contribution in [0.1, 0.15) is 51.7 Å². The molecule has 9 nitrogen and oxygen atoms in total. The van der Waals surface area contributed by atoms with Crippen LogP contribution in [0.15, 0.2) is 48.5 Å². The van der Waals surface area contributed by atoms with Gasteiger partial charge in [-0.3, -0.25) is 9.59 Å². The van der Waals surface area contributed by atoms with Gasteiger partial charge >= 0.3 is 12.1 Å². The van der Waals surface area contributed by atoms with E-state index in [1.807, 2.05) is 48.5 Å². The van der Waals surface area contributed by atoms with Crippen LogP contribution < -0.4 is 16.0 Å². The Labute approximate surface area is 217 Å². The van der Waals surface area contributed by atoms with Gasteiger partial charge in [-0.25, -0.2) is 9.59 Å². The number of benzene rings is 2. The van der Waals surface area contributed by atoms with Gasteiger partial charge in [0.1, 0.15) is 24.8 Å². The Balaban J connectivity index is 1.42. The summed E-state index contributed by atoms with van der Waals surface area (Å²) in [5.41, 5.74) is 3.73. The predicted octanol–water partition coefficient (Wildman–Crippen LogP) is 3.12. The maximum Gasteiger partial charge on any atom is 0.407 e. The summed E-state index contributed by atoms with van der Waals surface area (Å²) in [6.45, 7) is 8.22. The summed E-state index contributed by atoms with van der Waals surface area (Å²) in [4.78, 5) is 49.0. The fourth-order valence-electron chi connectivity index (χ4n) is 4.13. The summed E-state index contributed by atoms with van der Waals surface area (Å²) >= 11 is 0. The molecule has 2 aromatic carbocycles. The number of amides is 3. The van der Waals surface area contributed by atoms with Gasteiger partial charge in [-0.15, -0.1) is 0 Å². The Kier molecular flexibility index (Phi) is 8.91. The van der Waals surface area contributed by atoms with Gasteiger partial charge in [0.2, 0.25) is 11.8 Å². The number of carbonyl (C=O) groups is 4. The summed E-state index contributed by atoms with van der Waals surface area (Å²) in [5, 5.41) is 7.41. The average Bonchev–Trinajstić information content (AvgIpc) is 3.15. The average molecular weight is 510 g/mol. The van der Waals surface area contributed by atoms with E-state index in [4.69, 9.17) is 9.47 Å². The zero-order chi connectivity index (χ0) is 27.2. The van der Waals surface area contributed by atoms with Crippen LogP contribution in [0.3, 0.4) is 0 Å². The number of hydrogen-bond acceptors (Lipinski definition) is 6. The van der Waals surface area contributed by atoms with E-state index in [0.29, 0.717) is 0 Å². The molecule has 0 aromatic heterocycles. The summed E-state index contributed by atoms with van der Waals surface area (Å²) < 4.78 is 10.7. The van der Waals surface area contributed by atoms with Gasteiger partial charge < -0.3 is 25.4 Å². The topological polar surface area (TPSA) is 123 Å². The highest BCUT2D eigenvalue weighted by Gasteiger charge is 2.30.